The third-order valence-electron chi connectivity index (χ3n) is 14.4. The van der Waals surface area contributed by atoms with Gasteiger partial charge in [0.2, 0.25) is 0 Å². The zero-order chi connectivity index (χ0) is 71.2. The van der Waals surface area contributed by atoms with Gasteiger partial charge in [0.15, 0.2) is 15.5 Å². The second kappa shape index (κ2) is 33.8. The summed E-state index contributed by atoms with van der Waals surface area (Å²) in [5.41, 5.74) is 11.1. The molecule has 0 bridgehead atoms. The van der Waals surface area contributed by atoms with Crippen molar-refractivity contribution < 1.29 is 54.2 Å². The number of nitrogen functional groups attached to an aromatic ring is 1. The molecule has 98 heavy (non-hydrogen) atoms. The van der Waals surface area contributed by atoms with Gasteiger partial charge in [0, 0.05) is 40.7 Å². The lowest BCUT2D eigenvalue weighted by atomic mass is 9.79. The number of hydrogen-bond donors (Lipinski definition) is 6. The van der Waals surface area contributed by atoms with Crippen LogP contribution < -0.4 is 46.5 Å². The van der Waals surface area contributed by atoms with Crippen LogP contribution in [0.15, 0.2) is 178 Å². The number of pyridine rings is 3. The van der Waals surface area contributed by atoms with Crippen molar-refractivity contribution in [2.75, 3.05) is 36.5 Å². The van der Waals surface area contributed by atoms with Crippen molar-refractivity contribution in [3.8, 4) is 51.9 Å². The maximum Gasteiger partial charge on any atom is 0.494 e. The Hall–Kier alpha value is -8.53. The van der Waals surface area contributed by atoms with Gasteiger partial charge < -0.3 is 34.7 Å². The molecule has 24 nitrogen and oxygen atoms in total. The number of rotatable bonds is 15. The van der Waals surface area contributed by atoms with Crippen molar-refractivity contribution in [3.63, 3.8) is 0 Å². The minimum Gasteiger partial charge on any atom is -0.497 e. The first kappa shape index (κ1) is 78.5. The first-order valence-corrected chi connectivity index (χ1v) is 35.0. The quantitative estimate of drug-likeness (QED) is 0.0240. The summed E-state index contributed by atoms with van der Waals surface area (Å²) in [6.45, 7) is 7.97. The molecule has 11 rings (SSSR count). The van der Waals surface area contributed by atoms with Crippen molar-refractivity contribution in [2.45, 2.75) is 59.3 Å². The van der Waals surface area contributed by atoms with Crippen LogP contribution in [0.3, 0.4) is 0 Å². The highest BCUT2D eigenvalue weighted by molar-refractivity contribution is 7.93. The van der Waals surface area contributed by atoms with E-state index in [-0.39, 0.29) is 56.9 Å². The molecule has 5 heterocycles. The highest BCUT2D eigenvalue weighted by Gasteiger charge is 2.51. The minimum absolute atomic E-state index is 0. The Bertz CT molecular complexity index is 4910. The van der Waals surface area contributed by atoms with E-state index in [1.54, 1.807) is 91.0 Å². The molecule has 10 aromatic rings. The van der Waals surface area contributed by atoms with Crippen LogP contribution in [0.5, 0.6) is 17.2 Å². The average molecular weight is 1510 g/mol. The van der Waals surface area contributed by atoms with Crippen LogP contribution in [0.1, 0.15) is 44.4 Å². The molecule has 0 atom stereocenters. The number of ether oxygens (including phenoxy) is 3. The molecule has 0 aliphatic carbocycles. The van der Waals surface area contributed by atoms with Crippen molar-refractivity contribution in [1.29, 1.82) is 10.5 Å². The number of nitriles is 2. The summed E-state index contributed by atoms with van der Waals surface area (Å²) in [6.07, 6.45) is 0. The number of halogens is 6. The molecule has 0 amide bonds. The lowest BCUT2D eigenvalue weighted by molar-refractivity contribution is 0.00578. The molecule has 1 saturated heterocycles. The third kappa shape index (κ3) is 19.6. The SMILES string of the molecule is COc1ccc(Cl)c(S(=O)(=O)Cc2ccc(B3OC(C)(C)C(C)(C)O3)cc2)c1.COc1ccc(Cl)c(S(=O)(=O)Nc2ccc(-c3ccc(C#N)c(Cl)n3)cc2)c1.COc1ccc(Cl)c(S(=O)(=O)Nc2ccc(-c3ccc4c(N)[nH]nc4n3)cc2)c1.N#Cc1ccc(Cl)nc1Cl.NN.O. The van der Waals surface area contributed by atoms with Gasteiger partial charge in [-0.3, -0.25) is 26.2 Å². The summed E-state index contributed by atoms with van der Waals surface area (Å²) in [5.74, 6) is 9.51. The lowest BCUT2D eigenvalue weighted by Gasteiger charge is -2.32. The van der Waals surface area contributed by atoms with Crippen molar-refractivity contribution in [2.24, 2.45) is 11.7 Å². The number of H-pyrrole nitrogens is 1. The molecule has 0 spiro atoms. The Morgan fingerprint density at radius 1 is 0.541 bits per heavy atom. The van der Waals surface area contributed by atoms with Crippen LogP contribution in [0.4, 0.5) is 17.2 Å². The van der Waals surface area contributed by atoms with Crippen LogP contribution in [0.25, 0.3) is 33.5 Å². The zero-order valence-corrected chi connectivity index (χ0v) is 59.8. The predicted octanol–water partition coefficient (Wildman–Crippen LogP) is 12.3. The number of hydrazine groups is 1. The largest absolute Gasteiger partial charge is 0.497 e. The smallest absolute Gasteiger partial charge is 0.494 e. The van der Waals surface area contributed by atoms with E-state index in [4.69, 9.17) is 109 Å². The maximum atomic E-state index is 12.8. The minimum atomic E-state index is -3.90. The number of aromatic amines is 1. The van der Waals surface area contributed by atoms with Gasteiger partial charge in [0.1, 0.15) is 60.5 Å². The number of methoxy groups -OCH3 is 3. The normalized spacial score (nSPS) is 12.7. The number of nitrogens with one attached hydrogen (secondary N) is 3. The Morgan fingerprint density at radius 3 is 1.38 bits per heavy atom. The standard InChI is InChI=1S/C20H24BClO5S.C19H13Cl2N3O3S.C19H16ClN5O3S.C6H2Cl2N2.H4N2.H2O/c1-19(2)20(3,4)27-21(26-19)15-8-6-14(7-9-15)13-28(23,24)18-12-16(25-5)10-11-17(18)22;1-27-15-7-8-16(20)18(10-15)28(25,26)24-14-5-2-12(3-6-14)17-9-4-13(11-22)19(21)23-17;1-28-13-6-8-15(20)17(10-13)29(26,27)25-12-4-2-11(3-5-12)16-9-7-14-18(21)23-24-19(14)22-16;7-5-2-1-4(3-9)6(8)10-5;1-2;/h6-12H,13H2,1-5H3;2-10,24H,1H3;2-10,25H,1H3,(H3,21,22,23,24);1-2H;1-2H2;1H2. The number of sulfonamides is 2. The highest BCUT2D eigenvalue weighted by Crippen LogP contribution is 2.37. The number of nitrogens with two attached hydrogens (primary N) is 3. The van der Waals surface area contributed by atoms with Crippen LogP contribution in [0.2, 0.25) is 30.5 Å². The van der Waals surface area contributed by atoms with E-state index in [1.165, 1.54) is 69.9 Å². The third-order valence-corrected chi connectivity index (χ3v) is 21.1. The van der Waals surface area contributed by atoms with E-state index in [2.05, 4.69) is 46.3 Å². The van der Waals surface area contributed by atoms with Crippen molar-refractivity contribution in [1.82, 2.24) is 25.1 Å². The van der Waals surface area contributed by atoms with E-state index in [0.29, 0.717) is 73.3 Å². The second-order valence-electron chi connectivity index (χ2n) is 21.3. The number of fused-ring (bicyclic) bond motifs is 1. The highest BCUT2D eigenvalue weighted by atomic mass is 35.5. The molecular weight excluding hydrogens is 1450 g/mol. The maximum absolute atomic E-state index is 12.8. The van der Waals surface area contributed by atoms with Crippen LogP contribution in [0, 0.1) is 22.7 Å². The molecule has 0 radical (unpaired) electrons. The van der Waals surface area contributed by atoms with Gasteiger partial charge in [0.25, 0.3) is 20.0 Å². The molecule has 512 valence electrons. The Kier molecular flexibility index (Phi) is 27.1. The first-order chi connectivity index (χ1) is 45.9. The molecule has 4 aromatic heterocycles. The summed E-state index contributed by atoms with van der Waals surface area (Å²) in [5, 5.41) is 25.7. The predicted molar refractivity (Wildman–Crippen MR) is 383 cm³/mol. The molecular formula is C64H61BCl6N12O12S3. The van der Waals surface area contributed by atoms with Gasteiger partial charge in [-0.2, -0.15) is 15.6 Å². The van der Waals surface area contributed by atoms with Crippen LogP contribution >= 0.6 is 69.6 Å². The molecule has 0 saturated carbocycles. The molecule has 11 N–H and O–H groups in total. The summed E-state index contributed by atoms with van der Waals surface area (Å²) >= 11 is 35.1. The molecule has 1 aliphatic heterocycles. The van der Waals surface area contributed by atoms with Gasteiger partial charge >= 0.3 is 7.12 Å². The van der Waals surface area contributed by atoms with Gasteiger partial charge in [-0.1, -0.05) is 118 Å². The summed E-state index contributed by atoms with van der Waals surface area (Å²) in [6, 6.07) is 47.7. The zero-order valence-electron chi connectivity index (χ0n) is 52.8. The van der Waals surface area contributed by atoms with E-state index in [9.17, 15) is 25.3 Å². The monoisotopic (exact) mass is 1510 g/mol. The molecule has 0 unspecified atom stereocenters. The number of aromatic nitrogens is 5. The van der Waals surface area contributed by atoms with Gasteiger partial charge in [-0.15, -0.1) is 0 Å². The first-order valence-electron chi connectivity index (χ1n) is 28.1. The fourth-order valence-electron chi connectivity index (χ4n) is 8.62. The van der Waals surface area contributed by atoms with Gasteiger partial charge in [0.05, 0.1) is 86.1 Å². The van der Waals surface area contributed by atoms with Crippen molar-refractivity contribution in [3.05, 3.63) is 211 Å². The van der Waals surface area contributed by atoms with E-state index in [0.717, 1.165) is 16.4 Å². The molecule has 34 heteroatoms. The summed E-state index contributed by atoms with van der Waals surface area (Å²) in [4.78, 5) is 12.2. The van der Waals surface area contributed by atoms with E-state index < -0.39 is 48.2 Å². The van der Waals surface area contributed by atoms with Crippen LogP contribution in [-0.2, 0) is 44.9 Å². The summed E-state index contributed by atoms with van der Waals surface area (Å²) in [7, 11) is -7.52. The lowest BCUT2D eigenvalue weighted by Crippen LogP contribution is -2.41. The Labute approximate surface area is 596 Å². The second-order valence-corrected chi connectivity index (χ2v) is 28.9. The molecule has 1 fully saturated rings. The number of nitrogens with zero attached hydrogens (tertiary/aromatic N) is 6. The Balaban J connectivity index is 0.000000213. The number of sulfone groups is 1. The number of hydrogen-bond acceptors (Lipinski definition) is 20. The van der Waals surface area contributed by atoms with Crippen LogP contribution in [-0.4, -0.2) is 95.5 Å². The van der Waals surface area contributed by atoms with Gasteiger partial charge in [-0.05, 0) is 136 Å². The summed E-state index contributed by atoms with van der Waals surface area (Å²) < 4.78 is 109. The Morgan fingerprint density at radius 2 is 0.949 bits per heavy atom. The fourth-order valence-corrected chi connectivity index (χ4v) is 14.3. The molecule has 6 aromatic carbocycles. The topological polar surface area (TPSA) is 397 Å². The van der Waals surface area contributed by atoms with Gasteiger partial charge in [-0.25, -0.2) is 40.2 Å². The number of benzene rings is 6. The molecule has 1 aliphatic rings. The van der Waals surface area contributed by atoms with Crippen molar-refractivity contribution >= 4 is 140 Å². The van der Waals surface area contributed by atoms with E-state index in [1.807, 2.05) is 64.1 Å². The van der Waals surface area contributed by atoms with E-state index >= 15 is 0 Å². The average Bonchev–Trinajstić information content (AvgIpc) is 1.11. The number of anilines is 3. The fraction of sp³-hybridized carbons (Fsp3) is 0.156.